The molecule has 0 saturated heterocycles. The van der Waals surface area contributed by atoms with E-state index in [0.29, 0.717) is 16.9 Å². The van der Waals surface area contributed by atoms with E-state index in [0.717, 1.165) is 12.1 Å². The summed E-state index contributed by atoms with van der Waals surface area (Å²) in [5, 5.41) is 20.2. The molecule has 6 N–H and O–H groups in total. The minimum Gasteiger partial charge on any atom is -0.481 e. The van der Waals surface area contributed by atoms with Crippen molar-refractivity contribution in [2.45, 2.75) is 17.4 Å². The summed E-state index contributed by atoms with van der Waals surface area (Å²) in [6.07, 6.45) is -0.914. The number of aliphatic carboxylic acids is 2. The van der Waals surface area contributed by atoms with E-state index in [1.807, 2.05) is 4.72 Å². The maximum Gasteiger partial charge on any atom is 0.322 e. The molecule has 1 atom stereocenters. The minimum atomic E-state index is -4.28. The molecule has 2 aromatic rings. The van der Waals surface area contributed by atoms with Gasteiger partial charge in [-0.15, -0.1) is 0 Å². The molecule has 28 heavy (non-hydrogen) atoms. The van der Waals surface area contributed by atoms with Gasteiger partial charge in [0.15, 0.2) is 0 Å². The summed E-state index contributed by atoms with van der Waals surface area (Å²) in [5.74, 6) is -3.53. The van der Waals surface area contributed by atoms with Crippen molar-refractivity contribution in [3.05, 3.63) is 54.1 Å². The molecule has 0 fully saturated rings. The van der Waals surface area contributed by atoms with Crippen LogP contribution in [0.5, 0.6) is 0 Å². The standard InChI is InChI=1S/C17H17N3O7S/c18-11-3-1-2-10(8-11)16(23)19-12-4-6-13(7-5-12)28(26,27)20-14(17(24)25)9-15(21)22/h1-8,14,20H,9,18H2,(H,19,23)(H,21,22)(H,24,25)/t14-/m0/s1. The molecule has 0 aliphatic carbocycles. The van der Waals surface area contributed by atoms with E-state index in [1.165, 1.54) is 18.2 Å². The number of nitrogen functional groups attached to an aromatic ring is 1. The first-order valence-corrected chi connectivity index (χ1v) is 9.30. The smallest absolute Gasteiger partial charge is 0.322 e. The number of rotatable bonds is 8. The van der Waals surface area contributed by atoms with Crippen LogP contribution in [0.4, 0.5) is 11.4 Å². The lowest BCUT2D eigenvalue weighted by Crippen LogP contribution is -2.42. The van der Waals surface area contributed by atoms with Crippen LogP contribution in [0.15, 0.2) is 53.4 Å². The fraction of sp³-hybridized carbons (Fsp3) is 0.118. The quantitative estimate of drug-likeness (QED) is 0.398. The Kier molecular flexibility index (Phi) is 6.33. The van der Waals surface area contributed by atoms with Crippen molar-refractivity contribution < 1.29 is 33.0 Å². The van der Waals surface area contributed by atoms with Crippen LogP contribution in [0.2, 0.25) is 0 Å². The molecule has 0 aliphatic heterocycles. The van der Waals surface area contributed by atoms with E-state index < -0.39 is 40.3 Å². The molecule has 0 unspecified atom stereocenters. The van der Waals surface area contributed by atoms with Crippen LogP contribution in [0, 0.1) is 0 Å². The highest BCUT2D eigenvalue weighted by atomic mass is 32.2. The largest absolute Gasteiger partial charge is 0.481 e. The van der Waals surface area contributed by atoms with Crippen LogP contribution < -0.4 is 15.8 Å². The molecule has 0 aliphatic rings. The van der Waals surface area contributed by atoms with Crippen molar-refractivity contribution in [1.29, 1.82) is 0 Å². The Balaban J connectivity index is 2.13. The number of carbonyl (C=O) groups is 3. The lowest BCUT2D eigenvalue weighted by Gasteiger charge is -2.13. The molecule has 0 saturated carbocycles. The number of hydrogen-bond donors (Lipinski definition) is 5. The summed E-state index contributed by atoms with van der Waals surface area (Å²) >= 11 is 0. The van der Waals surface area contributed by atoms with Crippen molar-refractivity contribution in [3.63, 3.8) is 0 Å². The van der Waals surface area contributed by atoms with Gasteiger partial charge in [-0.25, -0.2) is 8.42 Å². The fourth-order valence-corrected chi connectivity index (χ4v) is 3.40. The lowest BCUT2D eigenvalue weighted by atomic mass is 10.2. The Morgan fingerprint density at radius 1 is 1.04 bits per heavy atom. The van der Waals surface area contributed by atoms with Gasteiger partial charge in [-0.2, -0.15) is 4.72 Å². The summed E-state index contributed by atoms with van der Waals surface area (Å²) in [6, 6.07) is 9.38. The number of hydrogen-bond acceptors (Lipinski definition) is 6. The van der Waals surface area contributed by atoms with Gasteiger partial charge in [0.1, 0.15) is 6.04 Å². The number of amides is 1. The summed E-state index contributed by atoms with van der Waals surface area (Å²) in [4.78, 5) is 33.6. The Bertz CT molecular complexity index is 1000. The zero-order chi connectivity index (χ0) is 20.9. The summed E-state index contributed by atoms with van der Waals surface area (Å²) in [7, 11) is -4.28. The third-order valence-corrected chi connectivity index (χ3v) is 5.03. The molecular weight excluding hydrogens is 390 g/mol. The normalized spacial score (nSPS) is 12.1. The first kappa shape index (κ1) is 20.9. The second-order valence-corrected chi connectivity index (χ2v) is 7.43. The average molecular weight is 407 g/mol. The molecule has 148 valence electrons. The number of anilines is 2. The van der Waals surface area contributed by atoms with Gasteiger partial charge in [0.05, 0.1) is 11.3 Å². The predicted octanol–water partition coefficient (Wildman–Crippen LogP) is 0.727. The molecule has 2 rings (SSSR count). The number of benzene rings is 2. The van der Waals surface area contributed by atoms with Crippen LogP contribution in [-0.2, 0) is 19.6 Å². The zero-order valence-electron chi connectivity index (χ0n) is 14.3. The molecule has 2 aromatic carbocycles. The summed E-state index contributed by atoms with van der Waals surface area (Å²) < 4.78 is 26.3. The van der Waals surface area contributed by atoms with Crippen LogP contribution >= 0.6 is 0 Å². The Morgan fingerprint density at radius 2 is 1.68 bits per heavy atom. The number of carboxylic acids is 2. The molecule has 0 bridgehead atoms. The van der Waals surface area contributed by atoms with Gasteiger partial charge in [0.2, 0.25) is 10.0 Å². The van der Waals surface area contributed by atoms with E-state index in [1.54, 1.807) is 18.2 Å². The summed E-state index contributed by atoms with van der Waals surface area (Å²) in [6.45, 7) is 0. The van der Waals surface area contributed by atoms with Crippen LogP contribution in [0.1, 0.15) is 16.8 Å². The molecule has 0 heterocycles. The Hall–Kier alpha value is -3.44. The number of carboxylic acid groups (broad SMARTS) is 2. The van der Waals surface area contributed by atoms with Crippen molar-refractivity contribution in [2.24, 2.45) is 0 Å². The van der Waals surface area contributed by atoms with Crippen LogP contribution in [0.25, 0.3) is 0 Å². The second-order valence-electron chi connectivity index (χ2n) is 5.71. The highest BCUT2D eigenvalue weighted by Crippen LogP contribution is 2.16. The molecular formula is C17H17N3O7S. The highest BCUT2D eigenvalue weighted by molar-refractivity contribution is 7.89. The Labute approximate surface area is 160 Å². The lowest BCUT2D eigenvalue weighted by molar-refractivity contribution is -0.145. The van der Waals surface area contributed by atoms with E-state index in [9.17, 15) is 22.8 Å². The number of nitrogens with two attached hydrogens (primary N) is 1. The minimum absolute atomic E-state index is 0.286. The third kappa shape index (κ3) is 5.53. The molecule has 1 amide bonds. The average Bonchev–Trinajstić information content (AvgIpc) is 2.61. The van der Waals surface area contributed by atoms with Gasteiger partial charge >= 0.3 is 11.9 Å². The van der Waals surface area contributed by atoms with Crippen LogP contribution in [-0.4, -0.2) is 42.5 Å². The van der Waals surface area contributed by atoms with Gasteiger partial charge in [-0.1, -0.05) is 6.07 Å². The predicted molar refractivity (Wildman–Crippen MR) is 99.2 cm³/mol. The molecule has 0 radical (unpaired) electrons. The molecule has 11 heteroatoms. The molecule has 10 nitrogen and oxygen atoms in total. The van der Waals surface area contributed by atoms with Crippen molar-refractivity contribution in [1.82, 2.24) is 4.72 Å². The van der Waals surface area contributed by atoms with Crippen molar-refractivity contribution in [2.75, 3.05) is 11.1 Å². The third-order valence-electron chi connectivity index (χ3n) is 3.55. The van der Waals surface area contributed by atoms with Gasteiger partial charge in [-0.3, -0.25) is 14.4 Å². The summed E-state index contributed by atoms with van der Waals surface area (Å²) in [5.41, 5.74) is 6.64. The van der Waals surface area contributed by atoms with Gasteiger partial charge in [0.25, 0.3) is 5.91 Å². The van der Waals surface area contributed by atoms with Gasteiger partial charge < -0.3 is 21.3 Å². The number of sulfonamides is 1. The van der Waals surface area contributed by atoms with E-state index in [2.05, 4.69) is 5.32 Å². The van der Waals surface area contributed by atoms with Crippen molar-refractivity contribution >= 4 is 39.2 Å². The Morgan fingerprint density at radius 3 is 2.21 bits per heavy atom. The monoisotopic (exact) mass is 407 g/mol. The van der Waals surface area contributed by atoms with Crippen LogP contribution in [0.3, 0.4) is 0 Å². The number of carbonyl (C=O) groups excluding carboxylic acids is 1. The highest BCUT2D eigenvalue weighted by Gasteiger charge is 2.27. The SMILES string of the molecule is Nc1cccc(C(=O)Nc2ccc(S(=O)(=O)N[C@@H](CC(=O)O)C(=O)O)cc2)c1. The van der Waals surface area contributed by atoms with Crippen molar-refractivity contribution in [3.8, 4) is 0 Å². The second kappa shape index (κ2) is 8.50. The number of nitrogens with one attached hydrogen (secondary N) is 2. The fourth-order valence-electron chi connectivity index (χ4n) is 2.21. The zero-order valence-corrected chi connectivity index (χ0v) is 15.1. The van der Waals surface area contributed by atoms with E-state index in [-0.39, 0.29) is 4.90 Å². The maximum absolute atomic E-state index is 12.3. The van der Waals surface area contributed by atoms with E-state index in [4.69, 9.17) is 15.9 Å². The molecule has 0 aromatic heterocycles. The first-order valence-electron chi connectivity index (χ1n) is 7.82. The van der Waals surface area contributed by atoms with E-state index >= 15 is 0 Å². The topological polar surface area (TPSA) is 176 Å². The van der Waals surface area contributed by atoms with Gasteiger partial charge in [-0.05, 0) is 42.5 Å². The van der Waals surface area contributed by atoms with Gasteiger partial charge in [0, 0.05) is 16.9 Å². The molecule has 0 spiro atoms. The first-order chi connectivity index (χ1) is 13.1. The maximum atomic E-state index is 12.3.